The highest BCUT2D eigenvalue weighted by Crippen LogP contribution is 2.22. The topological polar surface area (TPSA) is 75.0 Å². The van der Waals surface area contributed by atoms with Crippen molar-refractivity contribution in [1.29, 1.82) is 0 Å². The zero-order chi connectivity index (χ0) is 21.5. The van der Waals surface area contributed by atoms with Crippen LogP contribution >= 0.6 is 22.9 Å². The highest BCUT2D eigenvalue weighted by atomic mass is 35.5. The smallest absolute Gasteiger partial charge is 0.246 e. The minimum absolute atomic E-state index is 0.139. The van der Waals surface area contributed by atoms with Gasteiger partial charge in [0.1, 0.15) is 0 Å². The molecular weight excluding hydrogens is 444 g/mol. The van der Waals surface area contributed by atoms with E-state index in [0.29, 0.717) is 18.1 Å². The molecule has 0 unspecified atom stereocenters. The Morgan fingerprint density at radius 1 is 1.13 bits per heavy atom. The number of carbonyl (C=O) groups is 1. The van der Waals surface area contributed by atoms with Crippen LogP contribution in [0.4, 0.5) is 0 Å². The maximum absolute atomic E-state index is 12.8. The van der Waals surface area contributed by atoms with Crippen LogP contribution in [0.2, 0.25) is 5.02 Å². The van der Waals surface area contributed by atoms with Crippen LogP contribution in [0.15, 0.2) is 41.4 Å². The molecule has 2 aromatic heterocycles. The lowest BCUT2D eigenvalue weighted by molar-refractivity contribution is -0.127. The summed E-state index contributed by atoms with van der Waals surface area (Å²) < 4.78 is 28.9. The van der Waals surface area contributed by atoms with E-state index in [1.807, 2.05) is 24.4 Å². The molecule has 0 N–H and O–H groups in total. The Hall–Kier alpha value is -2.20. The van der Waals surface area contributed by atoms with Crippen molar-refractivity contribution in [3.05, 3.63) is 57.8 Å². The van der Waals surface area contributed by atoms with E-state index in [2.05, 4.69) is 4.98 Å². The Kier molecular flexibility index (Phi) is 5.71. The maximum Gasteiger partial charge on any atom is 0.246 e. The number of hydrogen-bond donors (Lipinski definition) is 0. The molecule has 7 nitrogen and oxygen atoms in total. The monoisotopic (exact) mass is 464 g/mol. The third-order valence-electron chi connectivity index (χ3n) is 5.05. The molecule has 1 aliphatic heterocycles. The van der Waals surface area contributed by atoms with Gasteiger partial charge in [-0.05, 0) is 44.2 Å². The summed E-state index contributed by atoms with van der Waals surface area (Å²) in [5.41, 5.74) is 1.75. The van der Waals surface area contributed by atoms with Crippen molar-refractivity contribution in [3.8, 4) is 0 Å². The zero-order valence-electron chi connectivity index (χ0n) is 16.6. The van der Waals surface area contributed by atoms with Crippen molar-refractivity contribution in [2.75, 3.05) is 26.2 Å². The van der Waals surface area contributed by atoms with Gasteiger partial charge in [0, 0.05) is 48.4 Å². The van der Waals surface area contributed by atoms with Crippen LogP contribution in [0.3, 0.4) is 0 Å². The average Bonchev–Trinajstić information content (AvgIpc) is 3.21. The number of hydrogen-bond acceptors (Lipinski definition) is 5. The molecular formula is C20H21ClN4O3S2. The van der Waals surface area contributed by atoms with Gasteiger partial charge in [-0.1, -0.05) is 11.6 Å². The Labute approximate surface area is 184 Å². The predicted octanol–water partition coefficient (Wildman–Crippen LogP) is 3.21. The van der Waals surface area contributed by atoms with Crippen molar-refractivity contribution in [2.24, 2.45) is 0 Å². The molecule has 4 rings (SSSR count). The molecule has 1 aromatic carbocycles. The Bertz CT molecular complexity index is 1220. The number of thiazole rings is 1. The van der Waals surface area contributed by atoms with Gasteiger partial charge < -0.3 is 4.90 Å². The van der Waals surface area contributed by atoms with E-state index < -0.39 is 10.0 Å². The second-order valence-electron chi connectivity index (χ2n) is 7.09. The quantitative estimate of drug-likeness (QED) is 0.555. The molecule has 0 saturated carbocycles. The summed E-state index contributed by atoms with van der Waals surface area (Å²) in [6, 6.07) is 6.12. The summed E-state index contributed by atoms with van der Waals surface area (Å²) in [6.45, 7) is 5.13. The number of fused-ring (bicyclic) bond motifs is 1. The number of amides is 1. The second kappa shape index (κ2) is 8.14. The molecule has 3 aromatic rings. The summed E-state index contributed by atoms with van der Waals surface area (Å²) in [5, 5.41) is 0.486. The number of rotatable bonds is 4. The molecule has 1 aliphatic rings. The molecule has 0 spiro atoms. The van der Waals surface area contributed by atoms with Gasteiger partial charge in [0.25, 0.3) is 0 Å². The number of carbonyl (C=O) groups excluding carboxylic acids is 1. The van der Waals surface area contributed by atoms with Gasteiger partial charge >= 0.3 is 0 Å². The van der Waals surface area contributed by atoms with Crippen LogP contribution in [0.25, 0.3) is 11.0 Å². The van der Waals surface area contributed by atoms with Crippen LogP contribution in [-0.2, 0) is 14.8 Å². The van der Waals surface area contributed by atoms with Crippen LogP contribution in [0, 0.1) is 13.8 Å². The first-order chi connectivity index (χ1) is 14.3. The van der Waals surface area contributed by atoms with Crippen molar-refractivity contribution in [2.45, 2.75) is 18.7 Å². The summed E-state index contributed by atoms with van der Waals surface area (Å²) in [7, 11) is -3.60. The number of benzene rings is 1. The van der Waals surface area contributed by atoms with Crippen molar-refractivity contribution in [3.63, 3.8) is 0 Å². The van der Waals surface area contributed by atoms with Gasteiger partial charge in [0.15, 0.2) is 4.96 Å². The number of imidazole rings is 1. The summed E-state index contributed by atoms with van der Waals surface area (Å²) >= 11 is 7.45. The average molecular weight is 465 g/mol. The fourth-order valence-corrected chi connectivity index (χ4v) is 5.87. The highest BCUT2D eigenvalue weighted by Gasteiger charge is 2.29. The minimum atomic E-state index is -3.60. The Balaban J connectivity index is 1.42. The van der Waals surface area contributed by atoms with Crippen LogP contribution < -0.4 is 0 Å². The van der Waals surface area contributed by atoms with Gasteiger partial charge in [-0.25, -0.2) is 13.4 Å². The molecule has 1 amide bonds. The first-order valence-electron chi connectivity index (χ1n) is 9.43. The predicted molar refractivity (Wildman–Crippen MR) is 118 cm³/mol. The van der Waals surface area contributed by atoms with Crippen LogP contribution in [0.1, 0.15) is 16.3 Å². The number of sulfonamides is 1. The van der Waals surface area contributed by atoms with E-state index in [4.69, 9.17) is 11.6 Å². The number of aryl methyl sites for hydroxylation is 2. The molecule has 0 atom stereocenters. The van der Waals surface area contributed by atoms with E-state index in [0.717, 1.165) is 21.2 Å². The van der Waals surface area contributed by atoms with Gasteiger partial charge in [0.05, 0.1) is 16.3 Å². The van der Waals surface area contributed by atoms with Gasteiger partial charge in [-0.15, -0.1) is 11.3 Å². The van der Waals surface area contributed by atoms with Crippen molar-refractivity contribution >= 4 is 49.9 Å². The third kappa shape index (κ3) is 4.02. The molecule has 158 valence electrons. The SMILES string of the molecule is Cc1cn2c(/C=C/C(=O)N3CCN(S(=O)(=O)c4ccc(Cl)cc4)CC3)c(C)nc2s1. The first-order valence-corrected chi connectivity index (χ1v) is 12.1. The lowest BCUT2D eigenvalue weighted by Gasteiger charge is -2.33. The number of aromatic nitrogens is 2. The molecule has 3 heterocycles. The Morgan fingerprint density at radius 3 is 2.47 bits per heavy atom. The fraction of sp³-hybridized carbons (Fsp3) is 0.300. The minimum Gasteiger partial charge on any atom is -0.337 e. The largest absolute Gasteiger partial charge is 0.337 e. The molecule has 1 fully saturated rings. The number of nitrogens with zero attached hydrogens (tertiary/aromatic N) is 4. The summed E-state index contributed by atoms with van der Waals surface area (Å²) in [5.74, 6) is -0.139. The molecule has 10 heteroatoms. The van der Waals surface area contributed by atoms with Crippen LogP contribution in [-0.4, -0.2) is 59.1 Å². The van der Waals surface area contributed by atoms with E-state index in [9.17, 15) is 13.2 Å². The van der Waals surface area contributed by atoms with Gasteiger partial charge in [-0.2, -0.15) is 4.31 Å². The highest BCUT2D eigenvalue weighted by molar-refractivity contribution is 7.89. The number of piperazine rings is 1. The molecule has 0 bridgehead atoms. The molecule has 0 radical (unpaired) electrons. The summed E-state index contributed by atoms with van der Waals surface area (Å²) in [4.78, 5) is 21.1. The first kappa shape index (κ1) is 21.0. The van der Waals surface area contributed by atoms with Gasteiger partial charge in [-0.3, -0.25) is 9.20 Å². The second-order valence-corrected chi connectivity index (χ2v) is 10.7. The van der Waals surface area contributed by atoms with Crippen LogP contribution in [0.5, 0.6) is 0 Å². The Morgan fingerprint density at radius 2 is 1.80 bits per heavy atom. The van der Waals surface area contributed by atoms with Gasteiger partial charge in [0.2, 0.25) is 15.9 Å². The van der Waals surface area contributed by atoms with E-state index in [-0.39, 0.29) is 23.9 Å². The molecule has 1 saturated heterocycles. The normalized spacial score (nSPS) is 16.0. The molecule has 30 heavy (non-hydrogen) atoms. The molecule has 0 aliphatic carbocycles. The zero-order valence-corrected chi connectivity index (χ0v) is 19.0. The fourth-order valence-electron chi connectivity index (χ4n) is 3.44. The van der Waals surface area contributed by atoms with E-state index in [1.54, 1.807) is 34.4 Å². The van der Waals surface area contributed by atoms with E-state index in [1.165, 1.54) is 22.5 Å². The standard InChI is InChI=1S/C20H21ClN4O3S2/c1-14-13-25-18(15(2)22-20(25)29-14)7-8-19(26)23-9-11-24(12-10-23)30(27,28)17-5-3-16(21)4-6-17/h3-8,13H,9-12H2,1-2H3/b8-7+. The lowest BCUT2D eigenvalue weighted by Crippen LogP contribution is -2.50. The van der Waals surface area contributed by atoms with Crippen molar-refractivity contribution < 1.29 is 13.2 Å². The van der Waals surface area contributed by atoms with Crippen molar-refractivity contribution in [1.82, 2.24) is 18.6 Å². The number of halogens is 1. The maximum atomic E-state index is 12.8. The van der Waals surface area contributed by atoms with E-state index >= 15 is 0 Å². The lowest BCUT2D eigenvalue weighted by atomic mass is 10.3. The summed E-state index contributed by atoms with van der Waals surface area (Å²) in [6.07, 6.45) is 5.32. The third-order valence-corrected chi connectivity index (χ3v) is 8.11.